The van der Waals surface area contributed by atoms with E-state index in [1.54, 1.807) is 6.07 Å². The van der Waals surface area contributed by atoms with E-state index >= 15 is 0 Å². The van der Waals surface area contributed by atoms with Crippen LogP contribution in [0.3, 0.4) is 0 Å². The van der Waals surface area contributed by atoms with Gasteiger partial charge in [-0.15, -0.1) is 0 Å². The van der Waals surface area contributed by atoms with Crippen LogP contribution in [0.15, 0.2) is 48.5 Å². The van der Waals surface area contributed by atoms with Gasteiger partial charge in [0, 0.05) is 5.56 Å². The number of hydrogen-bond donors (Lipinski definition) is 0. The molecule has 0 aliphatic carbocycles. The summed E-state index contributed by atoms with van der Waals surface area (Å²) in [4.78, 5) is 0. The smallest absolute Gasteiger partial charge is 0.123 e. The molecule has 2 aromatic rings. The number of nitrogens with zero attached hydrogens (tertiary/aromatic N) is 1. The van der Waals surface area contributed by atoms with Gasteiger partial charge in [0.15, 0.2) is 0 Å². The molecule has 0 amide bonds. The Hall–Kier alpha value is -2.34. The Morgan fingerprint density at radius 3 is 2.62 bits per heavy atom. The quantitative estimate of drug-likeness (QED) is 0.784. The summed E-state index contributed by atoms with van der Waals surface area (Å²) in [6.45, 7) is 0. The van der Waals surface area contributed by atoms with Crippen LogP contribution < -0.4 is 4.74 Å². The zero-order valence-electron chi connectivity index (χ0n) is 12.1. The zero-order valence-corrected chi connectivity index (χ0v) is 12.1. The molecule has 1 unspecified atom stereocenters. The van der Waals surface area contributed by atoms with Crippen LogP contribution in [-0.4, -0.2) is 7.11 Å². The number of benzene rings is 2. The topological polar surface area (TPSA) is 33.0 Å². The largest absolute Gasteiger partial charge is 0.496 e. The summed E-state index contributed by atoms with van der Waals surface area (Å²) >= 11 is 0. The molecule has 0 aliphatic heterocycles. The van der Waals surface area contributed by atoms with E-state index < -0.39 is 0 Å². The fourth-order valence-electron chi connectivity index (χ4n) is 2.42. The monoisotopic (exact) mass is 283 g/mol. The normalized spacial score (nSPS) is 11.7. The van der Waals surface area contributed by atoms with Crippen molar-refractivity contribution in [2.45, 2.75) is 25.2 Å². The van der Waals surface area contributed by atoms with Crippen molar-refractivity contribution in [3.05, 3.63) is 65.5 Å². The molecule has 0 radical (unpaired) electrons. The Labute approximate surface area is 124 Å². The number of nitriles is 1. The molecule has 21 heavy (non-hydrogen) atoms. The van der Waals surface area contributed by atoms with E-state index in [0.29, 0.717) is 17.7 Å². The van der Waals surface area contributed by atoms with Gasteiger partial charge >= 0.3 is 0 Å². The molecule has 3 heteroatoms. The molecule has 0 fully saturated rings. The molecule has 0 heterocycles. The summed E-state index contributed by atoms with van der Waals surface area (Å²) in [6, 6.07) is 16.7. The predicted molar refractivity (Wildman–Crippen MR) is 80.7 cm³/mol. The predicted octanol–water partition coefficient (Wildman–Crippen LogP) is 4.46. The molecule has 2 nitrogen and oxygen atoms in total. The Bertz CT molecular complexity index is 619. The van der Waals surface area contributed by atoms with Crippen molar-refractivity contribution in [2.24, 2.45) is 0 Å². The van der Waals surface area contributed by atoms with E-state index in [1.165, 1.54) is 24.8 Å². The maximum atomic E-state index is 13.4. The van der Waals surface area contributed by atoms with E-state index in [4.69, 9.17) is 4.74 Å². The lowest BCUT2D eigenvalue weighted by atomic mass is 9.93. The number of ether oxygens (including phenoxy) is 1. The standard InChI is InChI=1S/C18H18FNO/c1-21-18-11-10-16(19)12-17(18)15(13-20)9-5-8-14-6-3-2-4-7-14/h2-4,6-7,10-12,15H,5,8-9H2,1H3. The van der Waals surface area contributed by atoms with Gasteiger partial charge in [0.1, 0.15) is 11.6 Å². The average Bonchev–Trinajstić information content (AvgIpc) is 2.52. The third-order valence-corrected chi connectivity index (χ3v) is 3.52. The van der Waals surface area contributed by atoms with Crippen LogP contribution in [0.1, 0.15) is 29.9 Å². The Morgan fingerprint density at radius 2 is 1.95 bits per heavy atom. The van der Waals surface area contributed by atoms with Gasteiger partial charge in [-0.2, -0.15) is 5.26 Å². The Balaban J connectivity index is 2.03. The first-order chi connectivity index (χ1) is 10.2. The Kier molecular flexibility index (Phi) is 5.34. The lowest BCUT2D eigenvalue weighted by molar-refractivity contribution is 0.405. The number of halogens is 1. The van der Waals surface area contributed by atoms with Gasteiger partial charge in [0.2, 0.25) is 0 Å². The highest BCUT2D eigenvalue weighted by molar-refractivity contribution is 5.39. The van der Waals surface area contributed by atoms with Gasteiger partial charge < -0.3 is 4.74 Å². The van der Waals surface area contributed by atoms with Crippen molar-refractivity contribution in [3.63, 3.8) is 0 Å². The lowest BCUT2D eigenvalue weighted by Crippen LogP contribution is -2.01. The fraction of sp³-hybridized carbons (Fsp3) is 0.278. The van der Waals surface area contributed by atoms with Crippen LogP contribution in [0.4, 0.5) is 4.39 Å². The molecule has 1 atom stereocenters. The van der Waals surface area contributed by atoms with Crippen LogP contribution in [0.5, 0.6) is 5.75 Å². The van der Waals surface area contributed by atoms with Gasteiger partial charge in [-0.3, -0.25) is 0 Å². The highest BCUT2D eigenvalue weighted by Gasteiger charge is 2.16. The highest BCUT2D eigenvalue weighted by Crippen LogP contribution is 2.30. The van der Waals surface area contributed by atoms with Crippen molar-refractivity contribution in [3.8, 4) is 11.8 Å². The van der Waals surface area contributed by atoms with Gasteiger partial charge in [-0.25, -0.2) is 4.39 Å². The van der Waals surface area contributed by atoms with Crippen molar-refractivity contribution in [1.82, 2.24) is 0 Å². The van der Waals surface area contributed by atoms with Gasteiger partial charge in [-0.1, -0.05) is 30.3 Å². The molecule has 0 saturated heterocycles. The minimum Gasteiger partial charge on any atom is -0.496 e. The van der Waals surface area contributed by atoms with Crippen LogP contribution in [0, 0.1) is 17.1 Å². The first kappa shape index (κ1) is 15.1. The van der Waals surface area contributed by atoms with Crippen LogP contribution >= 0.6 is 0 Å². The minimum absolute atomic E-state index is 0.339. The molecule has 0 saturated carbocycles. The van der Waals surface area contributed by atoms with Crippen LogP contribution in [-0.2, 0) is 6.42 Å². The molecule has 2 aromatic carbocycles. The number of methoxy groups -OCH3 is 1. The second-order valence-electron chi connectivity index (χ2n) is 4.95. The van der Waals surface area contributed by atoms with Crippen molar-refractivity contribution < 1.29 is 9.13 Å². The van der Waals surface area contributed by atoms with Gasteiger partial charge in [0.25, 0.3) is 0 Å². The summed E-state index contributed by atoms with van der Waals surface area (Å²) in [6.07, 6.45) is 2.48. The first-order valence-corrected chi connectivity index (χ1v) is 7.01. The third kappa shape index (κ3) is 4.06. The first-order valence-electron chi connectivity index (χ1n) is 7.01. The van der Waals surface area contributed by atoms with Gasteiger partial charge in [-0.05, 0) is 43.0 Å². The lowest BCUT2D eigenvalue weighted by Gasteiger charge is -2.13. The summed E-state index contributed by atoms with van der Waals surface area (Å²) in [5.41, 5.74) is 1.88. The minimum atomic E-state index is -0.348. The molecule has 108 valence electrons. The summed E-state index contributed by atoms with van der Waals surface area (Å²) in [5, 5.41) is 9.36. The molecule has 0 bridgehead atoms. The van der Waals surface area contributed by atoms with Crippen molar-refractivity contribution >= 4 is 0 Å². The van der Waals surface area contributed by atoms with Crippen LogP contribution in [0.25, 0.3) is 0 Å². The van der Waals surface area contributed by atoms with Crippen molar-refractivity contribution in [2.75, 3.05) is 7.11 Å². The maximum absolute atomic E-state index is 13.4. The van der Waals surface area contributed by atoms with E-state index in [9.17, 15) is 9.65 Å². The second-order valence-corrected chi connectivity index (χ2v) is 4.95. The molecule has 0 N–H and O–H groups in total. The van der Waals surface area contributed by atoms with Gasteiger partial charge in [0.05, 0.1) is 19.1 Å². The number of rotatable bonds is 6. The van der Waals surface area contributed by atoms with E-state index in [2.05, 4.69) is 18.2 Å². The zero-order chi connectivity index (χ0) is 15.1. The van der Waals surface area contributed by atoms with Crippen molar-refractivity contribution in [1.29, 1.82) is 5.26 Å². The van der Waals surface area contributed by atoms with Crippen LogP contribution in [0.2, 0.25) is 0 Å². The molecular formula is C18H18FNO. The number of aryl methyl sites for hydroxylation is 1. The molecule has 0 aromatic heterocycles. The average molecular weight is 283 g/mol. The van der Waals surface area contributed by atoms with E-state index in [-0.39, 0.29) is 11.7 Å². The molecule has 0 aliphatic rings. The Morgan fingerprint density at radius 1 is 1.19 bits per heavy atom. The van der Waals surface area contributed by atoms with E-state index in [0.717, 1.165) is 12.8 Å². The highest BCUT2D eigenvalue weighted by atomic mass is 19.1. The third-order valence-electron chi connectivity index (χ3n) is 3.52. The summed E-state index contributed by atoms with van der Waals surface area (Å²) in [7, 11) is 1.54. The fourth-order valence-corrected chi connectivity index (χ4v) is 2.42. The molecule has 0 spiro atoms. The van der Waals surface area contributed by atoms with E-state index in [1.807, 2.05) is 18.2 Å². The number of hydrogen-bond acceptors (Lipinski definition) is 2. The molecule has 2 rings (SSSR count). The summed E-state index contributed by atoms with van der Waals surface area (Å²) in [5.74, 6) is -0.115. The maximum Gasteiger partial charge on any atom is 0.123 e. The summed E-state index contributed by atoms with van der Waals surface area (Å²) < 4.78 is 18.6. The SMILES string of the molecule is COc1ccc(F)cc1C(C#N)CCCc1ccccc1. The molecular weight excluding hydrogens is 265 g/mol. The second kappa shape index (κ2) is 7.44.